The van der Waals surface area contributed by atoms with Gasteiger partial charge in [-0.15, -0.1) is 0 Å². The number of aliphatic hydroxyl groups is 1. The molecule has 0 fully saturated rings. The second-order valence-electron chi connectivity index (χ2n) is 4.14. The number of hydrogen-bond acceptors (Lipinski definition) is 3. The fourth-order valence-corrected chi connectivity index (χ4v) is 1.61. The largest absolute Gasteiger partial charge is 0.395 e. The summed E-state index contributed by atoms with van der Waals surface area (Å²) in [6.45, 7) is 1.13. The highest BCUT2D eigenvalue weighted by Gasteiger charge is 2.16. The van der Waals surface area contributed by atoms with Crippen molar-refractivity contribution in [2.24, 2.45) is 0 Å². The Morgan fingerprint density at radius 1 is 1.33 bits per heavy atom. The molecule has 1 aromatic rings. The molecule has 3 nitrogen and oxygen atoms in total. The van der Waals surface area contributed by atoms with Gasteiger partial charge in [-0.1, -0.05) is 29.8 Å². The van der Waals surface area contributed by atoms with E-state index in [2.05, 4.69) is 0 Å². The smallest absolute Gasteiger partial charge is 0.251 e. The third kappa shape index (κ3) is 4.89. The van der Waals surface area contributed by atoms with E-state index in [-0.39, 0.29) is 25.5 Å². The van der Waals surface area contributed by atoms with Crippen LogP contribution >= 0.6 is 0 Å². The Morgan fingerprint density at radius 2 is 1.94 bits per heavy atom. The SMILES string of the molecule is Cc1ccc(C(=O)CN(CCO)CC(F)F)cc1. The van der Waals surface area contributed by atoms with Crippen molar-refractivity contribution in [2.45, 2.75) is 13.3 Å². The van der Waals surface area contributed by atoms with Gasteiger partial charge in [0, 0.05) is 12.1 Å². The van der Waals surface area contributed by atoms with Gasteiger partial charge in [-0.3, -0.25) is 9.69 Å². The summed E-state index contributed by atoms with van der Waals surface area (Å²) >= 11 is 0. The van der Waals surface area contributed by atoms with Crippen LogP contribution in [0.15, 0.2) is 24.3 Å². The maximum Gasteiger partial charge on any atom is 0.251 e. The molecule has 0 aromatic heterocycles. The first kappa shape index (κ1) is 14.7. The Morgan fingerprint density at radius 3 is 2.44 bits per heavy atom. The highest BCUT2D eigenvalue weighted by atomic mass is 19.3. The summed E-state index contributed by atoms with van der Waals surface area (Å²) < 4.78 is 24.6. The van der Waals surface area contributed by atoms with Crippen molar-refractivity contribution in [3.63, 3.8) is 0 Å². The molecule has 0 aliphatic heterocycles. The highest BCUT2D eigenvalue weighted by Crippen LogP contribution is 2.06. The van der Waals surface area contributed by atoms with E-state index >= 15 is 0 Å². The van der Waals surface area contributed by atoms with Gasteiger partial charge >= 0.3 is 0 Å². The lowest BCUT2D eigenvalue weighted by atomic mass is 10.1. The van der Waals surface area contributed by atoms with E-state index in [0.717, 1.165) is 5.56 Å². The van der Waals surface area contributed by atoms with Crippen LogP contribution in [0, 0.1) is 6.92 Å². The molecule has 0 amide bonds. The molecule has 0 aliphatic rings. The van der Waals surface area contributed by atoms with Gasteiger partial charge < -0.3 is 5.11 Å². The second-order valence-corrected chi connectivity index (χ2v) is 4.14. The molecule has 1 aromatic carbocycles. The fraction of sp³-hybridized carbons (Fsp3) is 0.462. The lowest BCUT2D eigenvalue weighted by molar-refractivity contribution is 0.0689. The minimum Gasteiger partial charge on any atom is -0.395 e. The van der Waals surface area contributed by atoms with Crippen molar-refractivity contribution in [1.82, 2.24) is 4.90 Å². The normalized spacial score (nSPS) is 11.2. The van der Waals surface area contributed by atoms with Crippen LogP contribution in [0.2, 0.25) is 0 Å². The molecular formula is C13H17F2NO2. The summed E-state index contributed by atoms with van der Waals surface area (Å²) in [5.74, 6) is -0.218. The lowest BCUT2D eigenvalue weighted by Gasteiger charge is -2.19. The topological polar surface area (TPSA) is 40.5 Å². The van der Waals surface area contributed by atoms with E-state index in [9.17, 15) is 13.6 Å². The van der Waals surface area contributed by atoms with E-state index in [0.29, 0.717) is 5.56 Å². The maximum atomic E-state index is 12.3. The summed E-state index contributed by atoms with van der Waals surface area (Å²) in [6, 6.07) is 6.96. The minimum atomic E-state index is -2.51. The van der Waals surface area contributed by atoms with Gasteiger partial charge in [-0.2, -0.15) is 0 Å². The van der Waals surface area contributed by atoms with Crippen molar-refractivity contribution in [3.8, 4) is 0 Å². The van der Waals surface area contributed by atoms with Crippen molar-refractivity contribution in [3.05, 3.63) is 35.4 Å². The fourth-order valence-electron chi connectivity index (χ4n) is 1.61. The maximum absolute atomic E-state index is 12.3. The number of benzene rings is 1. The number of alkyl halides is 2. The molecule has 0 spiro atoms. The molecule has 5 heteroatoms. The van der Waals surface area contributed by atoms with Crippen LogP contribution in [-0.4, -0.2) is 48.5 Å². The first-order valence-corrected chi connectivity index (χ1v) is 5.74. The number of Topliss-reactive ketones (excluding diaryl/α,β-unsaturated/α-hetero) is 1. The summed E-state index contributed by atoms with van der Waals surface area (Å²) in [5, 5.41) is 8.77. The van der Waals surface area contributed by atoms with Crippen LogP contribution in [0.4, 0.5) is 8.78 Å². The summed E-state index contributed by atoms with van der Waals surface area (Å²) in [5.41, 5.74) is 1.53. The number of carbonyl (C=O) groups is 1. The standard InChI is InChI=1S/C13H17F2NO2/c1-10-2-4-11(5-3-10)12(18)8-16(6-7-17)9-13(14)15/h2-5,13,17H,6-9H2,1H3. The van der Waals surface area contributed by atoms with Crippen molar-refractivity contribution < 1.29 is 18.7 Å². The highest BCUT2D eigenvalue weighted by molar-refractivity contribution is 5.97. The van der Waals surface area contributed by atoms with Crippen LogP contribution in [-0.2, 0) is 0 Å². The molecule has 0 aliphatic carbocycles. The number of hydrogen-bond donors (Lipinski definition) is 1. The average molecular weight is 257 g/mol. The zero-order valence-corrected chi connectivity index (χ0v) is 10.3. The molecule has 0 unspecified atom stereocenters. The van der Waals surface area contributed by atoms with Gasteiger partial charge in [0.2, 0.25) is 0 Å². The molecule has 0 saturated carbocycles. The number of halogens is 2. The molecule has 0 saturated heterocycles. The first-order chi connectivity index (χ1) is 8.52. The Bertz CT molecular complexity index is 379. The number of rotatable bonds is 7. The number of ketones is 1. The Balaban J connectivity index is 2.62. The molecule has 0 radical (unpaired) electrons. The number of aryl methyl sites for hydroxylation is 1. The van der Waals surface area contributed by atoms with Gasteiger partial charge in [0.25, 0.3) is 6.43 Å². The Kier molecular flexibility index (Phi) is 5.88. The van der Waals surface area contributed by atoms with Crippen LogP contribution in [0.25, 0.3) is 0 Å². The minimum absolute atomic E-state index is 0.0714. The van der Waals surface area contributed by atoms with Crippen LogP contribution < -0.4 is 0 Å². The van der Waals surface area contributed by atoms with Gasteiger partial charge in [0.1, 0.15) is 0 Å². The monoisotopic (exact) mass is 257 g/mol. The van der Waals surface area contributed by atoms with E-state index in [1.54, 1.807) is 24.3 Å². The lowest BCUT2D eigenvalue weighted by Crippen LogP contribution is -2.36. The van der Waals surface area contributed by atoms with Gasteiger partial charge in [-0.05, 0) is 6.92 Å². The Labute approximate surface area is 105 Å². The predicted octanol–water partition coefficient (Wildman–Crippen LogP) is 1.74. The zero-order valence-electron chi connectivity index (χ0n) is 10.3. The molecule has 0 heterocycles. The zero-order chi connectivity index (χ0) is 13.5. The average Bonchev–Trinajstić information content (AvgIpc) is 2.29. The molecular weight excluding hydrogens is 240 g/mol. The quantitative estimate of drug-likeness (QED) is 0.756. The van der Waals surface area contributed by atoms with E-state index in [1.165, 1.54) is 4.90 Å². The van der Waals surface area contributed by atoms with Crippen molar-refractivity contribution in [1.29, 1.82) is 0 Å². The Hall–Kier alpha value is -1.33. The summed E-state index contributed by atoms with van der Waals surface area (Å²) in [7, 11) is 0. The molecule has 1 N–H and O–H groups in total. The molecule has 100 valence electrons. The molecule has 1 rings (SSSR count). The van der Waals surface area contributed by atoms with Gasteiger partial charge in [-0.25, -0.2) is 8.78 Å². The molecule has 0 atom stereocenters. The van der Waals surface area contributed by atoms with Crippen molar-refractivity contribution in [2.75, 3.05) is 26.2 Å². The number of carbonyl (C=O) groups excluding carboxylic acids is 1. The third-order valence-electron chi connectivity index (χ3n) is 2.55. The predicted molar refractivity (Wildman–Crippen MR) is 65.0 cm³/mol. The van der Waals surface area contributed by atoms with Gasteiger partial charge in [0.05, 0.1) is 19.7 Å². The van der Waals surface area contributed by atoms with Crippen LogP contribution in [0.5, 0.6) is 0 Å². The van der Waals surface area contributed by atoms with E-state index in [4.69, 9.17) is 5.11 Å². The first-order valence-electron chi connectivity index (χ1n) is 5.74. The van der Waals surface area contributed by atoms with Crippen LogP contribution in [0.1, 0.15) is 15.9 Å². The van der Waals surface area contributed by atoms with E-state index in [1.807, 2.05) is 6.92 Å². The van der Waals surface area contributed by atoms with Crippen LogP contribution in [0.3, 0.4) is 0 Å². The third-order valence-corrected chi connectivity index (χ3v) is 2.55. The second kappa shape index (κ2) is 7.18. The molecule has 18 heavy (non-hydrogen) atoms. The molecule has 0 bridgehead atoms. The van der Waals surface area contributed by atoms with Crippen molar-refractivity contribution >= 4 is 5.78 Å². The number of aliphatic hydroxyl groups excluding tert-OH is 1. The summed E-state index contributed by atoms with van der Waals surface area (Å²) in [6.07, 6.45) is -2.51. The van der Waals surface area contributed by atoms with Gasteiger partial charge in [0.15, 0.2) is 5.78 Å². The number of nitrogens with zero attached hydrogens (tertiary/aromatic N) is 1. The van der Waals surface area contributed by atoms with E-state index < -0.39 is 13.0 Å². The summed E-state index contributed by atoms with van der Waals surface area (Å²) in [4.78, 5) is 13.1.